The first-order chi connectivity index (χ1) is 10.2. The molecule has 1 saturated heterocycles. The van der Waals surface area contributed by atoms with Crippen LogP contribution in [0.2, 0.25) is 0 Å². The molecule has 3 heterocycles. The van der Waals surface area contributed by atoms with E-state index in [4.69, 9.17) is 0 Å². The number of rotatable bonds is 4. The Kier molecular flexibility index (Phi) is 4.01. The van der Waals surface area contributed by atoms with Gasteiger partial charge in [-0.25, -0.2) is 9.50 Å². The average Bonchev–Trinajstić information content (AvgIpc) is 2.89. The van der Waals surface area contributed by atoms with Crippen LogP contribution in [-0.4, -0.2) is 44.9 Å². The Morgan fingerprint density at radius 1 is 1.43 bits per heavy atom. The molecule has 5 heteroatoms. The van der Waals surface area contributed by atoms with E-state index in [2.05, 4.69) is 28.8 Å². The van der Waals surface area contributed by atoms with Crippen molar-refractivity contribution in [1.82, 2.24) is 19.5 Å². The van der Waals surface area contributed by atoms with Gasteiger partial charge in [-0.2, -0.15) is 5.10 Å². The van der Waals surface area contributed by atoms with Gasteiger partial charge in [0.25, 0.3) is 0 Å². The van der Waals surface area contributed by atoms with Gasteiger partial charge >= 0.3 is 0 Å². The highest BCUT2D eigenvalue weighted by Gasteiger charge is 2.23. The van der Waals surface area contributed by atoms with Crippen LogP contribution in [0.4, 0.5) is 0 Å². The number of aromatic nitrogens is 3. The summed E-state index contributed by atoms with van der Waals surface area (Å²) in [6.45, 7) is 6.82. The number of piperidine rings is 1. The van der Waals surface area contributed by atoms with Gasteiger partial charge in [-0.05, 0) is 51.3 Å². The minimum absolute atomic E-state index is 0.554. The molecule has 1 aliphatic rings. The maximum atomic E-state index is 11.0. The molecule has 0 aromatic carbocycles. The van der Waals surface area contributed by atoms with E-state index in [-0.39, 0.29) is 0 Å². The number of pyridine rings is 1. The Morgan fingerprint density at radius 2 is 2.29 bits per heavy atom. The number of fused-ring (bicyclic) bond motifs is 1. The first-order valence-electron chi connectivity index (χ1n) is 7.71. The number of hydrogen-bond acceptors (Lipinski definition) is 4. The van der Waals surface area contributed by atoms with Crippen LogP contribution < -0.4 is 0 Å². The zero-order valence-corrected chi connectivity index (χ0v) is 12.7. The molecule has 0 bridgehead atoms. The molecule has 112 valence electrons. The van der Waals surface area contributed by atoms with Gasteiger partial charge in [0.1, 0.15) is 5.69 Å². The fourth-order valence-corrected chi connectivity index (χ4v) is 3.14. The lowest BCUT2D eigenvalue weighted by Crippen LogP contribution is -2.40. The molecule has 2 aromatic heterocycles. The minimum Gasteiger partial charge on any atom is -0.301 e. The maximum absolute atomic E-state index is 11.0. The summed E-state index contributed by atoms with van der Waals surface area (Å²) in [5, 5.41) is 4.50. The van der Waals surface area contributed by atoms with Gasteiger partial charge in [0.05, 0.1) is 0 Å². The van der Waals surface area contributed by atoms with E-state index in [0.717, 1.165) is 30.7 Å². The Balaban J connectivity index is 1.77. The smallest absolute Gasteiger partial charge is 0.168 e. The van der Waals surface area contributed by atoms with Crippen LogP contribution in [-0.2, 0) is 6.42 Å². The maximum Gasteiger partial charge on any atom is 0.168 e. The van der Waals surface area contributed by atoms with Crippen LogP contribution in [0.25, 0.3) is 5.65 Å². The third-order valence-electron chi connectivity index (χ3n) is 4.31. The summed E-state index contributed by atoms with van der Waals surface area (Å²) in [7, 11) is 0. The number of aldehydes is 1. The molecule has 21 heavy (non-hydrogen) atoms. The zero-order valence-electron chi connectivity index (χ0n) is 12.7. The molecular weight excluding hydrogens is 264 g/mol. The highest BCUT2D eigenvalue weighted by atomic mass is 16.1. The summed E-state index contributed by atoms with van der Waals surface area (Å²) >= 11 is 0. The van der Waals surface area contributed by atoms with Crippen molar-refractivity contribution in [2.24, 2.45) is 5.92 Å². The van der Waals surface area contributed by atoms with Crippen molar-refractivity contribution < 1.29 is 4.79 Å². The topological polar surface area (TPSA) is 50.5 Å². The zero-order chi connectivity index (χ0) is 14.8. The summed E-state index contributed by atoms with van der Waals surface area (Å²) in [5.41, 5.74) is 1.31. The van der Waals surface area contributed by atoms with Crippen molar-refractivity contribution in [2.45, 2.75) is 39.2 Å². The Bertz CT molecular complexity index is 634. The van der Waals surface area contributed by atoms with E-state index in [9.17, 15) is 4.79 Å². The number of nitrogens with zero attached hydrogens (tertiary/aromatic N) is 4. The average molecular weight is 286 g/mol. The third kappa shape index (κ3) is 2.97. The molecule has 5 nitrogen and oxygen atoms in total. The van der Waals surface area contributed by atoms with E-state index >= 15 is 0 Å². The molecule has 0 amide bonds. The molecule has 0 N–H and O–H groups in total. The van der Waals surface area contributed by atoms with Crippen molar-refractivity contribution in [3.05, 3.63) is 29.7 Å². The first kappa shape index (κ1) is 14.2. The number of carbonyl (C=O) groups is 1. The van der Waals surface area contributed by atoms with Crippen LogP contribution >= 0.6 is 0 Å². The molecule has 1 atom stereocenters. The molecule has 0 spiro atoms. The standard InChI is InChI=1S/C16H22N4O/c1-12(2)19-8-4-5-13(10-19)9-15-17-16-7-3-6-14(11-21)20(16)18-15/h3,6-7,11-13H,4-5,8-10H2,1-2H3. The van der Waals surface area contributed by atoms with E-state index in [1.165, 1.54) is 19.4 Å². The van der Waals surface area contributed by atoms with Gasteiger partial charge in [-0.3, -0.25) is 4.79 Å². The summed E-state index contributed by atoms with van der Waals surface area (Å²) in [6, 6.07) is 6.10. The lowest BCUT2D eigenvalue weighted by molar-refractivity contribution is 0.111. The van der Waals surface area contributed by atoms with Gasteiger partial charge in [-0.15, -0.1) is 0 Å². The lowest BCUT2D eigenvalue weighted by Gasteiger charge is -2.35. The monoisotopic (exact) mass is 286 g/mol. The Labute approximate surface area is 125 Å². The number of carbonyl (C=O) groups excluding carboxylic acids is 1. The Morgan fingerprint density at radius 3 is 3.05 bits per heavy atom. The normalized spacial score (nSPS) is 20.2. The third-order valence-corrected chi connectivity index (χ3v) is 4.31. The van der Waals surface area contributed by atoms with E-state index in [1.807, 2.05) is 12.1 Å². The number of likely N-dealkylation sites (tertiary alicyclic amines) is 1. The first-order valence-corrected chi connectivity index (χ1v) is 7.71. The summed E-state index contributed by atoms with van der Waals surface area (Å²) in [4.78, 5) is 18.1. The molecule has 3 rings (SSSR count). The van der Waals surface area contributed by atoms with Crippen LogP contribution in [0.1, 0.15) is 43.0 Å². The fourth-order valence-electron chi connectivity index (χ4n) is 3.14. The van der Waals surface area contributed by atoms with E-state index in [1.54, 1.807) is 10.6 Å². The van der Waals surface area contributed by atoms with Crippen molar-refractivity contribution in [3.63, 3.8) is 0 Å². The molecular formula is C16H22N4O. The minimum atomic E-state index is 0.554. The highest BCUT2D eigenvalue weighted by molar-refractivity contribution is 5.73. The molecule has 0 radical (unpaired) electrons. The quantitative estimate of drug-likeness (QED) is 0.809. The van der Waals surface area contributed by atoms with Crippen LogP contribution in [0.5, 0.6) is 0 Å². The van der Waals surface area contributed by atoms with Crippen LogP contribution in [0.15, 0.2) is 18.2 Å². The predicted octanol–water partition coefficient (Wildman–Crippen LogP) is 2.20. The molecule has 1 unspecified atom stereocenters. The summed E-state index contributed by atoms with van der Waals surface area (Å²) in [6.07, 6.45) is 4.20. The second kappa shape index (κ2) is 5.93. The van der Waals surface area contributed by atoms with Crippen molar-refractivity contribution in [3.8, 4) is 0 Å². The molecule has 0 aliphatic carbocycles. The fraction of sp³-hybridized carbons (Fsp3) is 0.562. The molecule has 1 aliphatic heterocycles. The second-order valence-electron chi connectivity index (χ2n) is 6.17. The van der Waals surface area contributed by atoms with E-state index < -0.39 is 0 Å². The highest BCUT2D eigenvalue weighted by Crippen LogP contribution is 2.21. The lowest BCUT2D eigenvalue weighted by atomic mass is 9.94. The van der Waals surface area contributed by atoms with Gasteiger partial charge in [0.2, 0.25) is 0 Å². The van der Waals surface area contributed by atoms with Gasteiger partial charge in [-0.1, -0.05) is 6.07 Å². The predicted molar refractivity (Wildman–Crippen MR) is 81.5 cm³/mol. The van der Waals surface area contributed by atoms with Crippen molar-refractivity contribution in [2.75, 3.05) is 13.1 Å². The summed E-state index contributed by atoms with van der Waals surface area (Å²) in [5.74, 6) is 1.46. The van der Waals surface area contributed by atoms with Gasteiger partial charge in [0, 0.05) is 19.0 Å². The Hall–Kier alpha value is -1.75. The molecule has 0 saturated carbocycles. The summed E-state index contributed by atoms with van der Waals surface area (Å²) < 4.78 is 1.64. The largest absolute Gasteiger partial charge is 0.301 e. The van der Waals surface area contributed by atoms with Crippen LogP contribution in [0, 0.1) is 5.92 Å². The van der Waals surface area contributed by atoms with Crippen molar-refractivity contribution in [1.29, 1.82) is 0 Å². The van der Waals surface area contributed by atoms with Crippen molar-refractivity contribution >= 4 is 11.9 Å². The van der Waals surface area contributed by atoms with E-state index in [0.29, 0.717) is 17.7 Å². The number of hydrogen-bond donors (Lipinski definition) is 0. The van der Waals surface area contributed by atoms with Gasteiger partial charge < -0.3 is 4.90 Å². The van der Waals surface area contributed by atoms with Crippen LogP contribution in [0.3, 0.4) is 0 Å². The van der Waals surface area contributed by atoms with Gasteiger partial charge in [0.15, 0.2) is 17.8 Å². The molecule has 1 fully saturated rings. The second-order valence-corrected chi connectivity index (χ2v) is 6.17. The SMILES string of the molecule is CC(C)N1CCCC(Cc2nc3cccc(C=O)n3n2)C1. The molecule has 2 aromatic rings.